The van der Waals surface area contributed by atoms with Crippen LogP contribution in [0.2, 0.25) is 0 Å². The van der Waals surface area contributed by atoms with E-state index in [2.05, 4.69) is 4.90 Å². The summed E-state index contributed by atoms with van der Waals surface area (Å²) in [6.45, 7) is 0.933. The van der Waals surface area contributed by atoms with Gasteiger partial charge in [0.2, 0.25) is 0 Å². The lowest BCUT2D eigenvalue weighted by Gasteiger charge is -2.20. The summed E-state index contributed by atoms with van der Waals surface area (Å²) in [6.07, 6.45) is 0.865. The summed E-state index contributed by atoms with van der Waals surface area (Å²) in [4.78, 5) is 2.11. The number of rotatable bonds is 6. The zero-order valence-electron chi connectivity index (χ0n) is 11.1. The fourth-order valence-corrected chi connectivity index (χ4v) is 1.79. The summed E-state index contributed by atoms with van der Waals surface area (Å²) < 4.78 is 10.7. The largest absolute Gasteiger partial charge is 0.496 e. The van der Waals surface area contributed by atoms with Crippen LogP contribution in [0, 0.1) is 0 Å². The molecule has 0 saturated carbocycles. The average molecular weight is 238 g/mol. The van der Waals surface area contributed by atoms with E-state index in [-0.39, 0.29) is 6.04 Å². The van der Waals surface area contributed by atoms with Gasteiger partial charge in [-0.05, 0) is 39.2 Å². The van der Waals surface area contributed by atoms with Crippen LogP contribution in [0.15, 0.2) is 18.2 Å². The minimum Gasteiger partial charge on any atom is -0.496 e. The van der Waals surface area contributed by atoms with Gasteiger partial charge < -0.3 is 20.1 Å². The maximum atomic E-state index is 6.21. The Morgan fingerprint density at radius 2 is 1.71 bits per heavy atom. The topological polar surface area (TPSA) is 47.7 Å². The second-order valence-electron chi connectivity index (χ2n) is 4.27. The Kier molecular flexibility index (Phi) is 5.25. The van der Waals surface area contributed by atoms with Gasteiger partial charge in [-0.15, -0.1) is 0 Å². The standard InChI is InChI=1S/C13H22N2O2/c1-15(2)9-8-10(14)13-11(16-3)6-5-7-12(13)17-4/h5-7,10H,8-9,14H2,1-4H3. The van der Waals surface area contributed by atoms with Gasteiger partial charge in [-0.2, -0.15) is 0 Å². The highest BCUT2D eigenvalue weighted by atomic mass is 16.5. The summed E-state index contributed by atoms with van der Waals surface area (Å²) >= 11 is 0. The molecule has 0 fully saturated rings. The molecule has 1 aromatic carbocycles. The molecule has 0 aliphatic rings. The molecule has 17 heavy (non-hydrogen) atoms. The normalized spacial score (nSPS) is 12.6. The molecule has 1 unspecified atom stereocenters. The monoisotopic (exact) mass is 238 g/mol. The molecule has 4 nitrogen and oxygen atoms in total. The first-order valence-corrected chi connectivity index (χ1v) is 5.71. The summed E-state index contributed by atoms with van der Waals surface area (Å²) in [5.41, 5.74) is 7.15. The van der Waals surface area contributed by atoms with Crippen LogP contribution in [0.4, 0.5) is 0 Å². The third-order valence-corrected chi connectivity index (χ3v) is 2.72. The Morgan fingerprint density at radius 1 is 1.18 bits per heavy atom. The van der Waals surface area contributed by atoms with Crippen molar-refractivity contribution in [2.45, 2.75) is 12.5 Å². The molecule has 1 aromatic rings. The number of hydrogen-bond acceptors (Lipinski definition) is 4. The summed E-state index contributed by atoms with van der Waals surface area (Å²) in [7, 11) is 7.37. The van der Waals surface area contributed by atoms with Crippen molar-refractivity contribution in [1.29, 1.82) is 0 Å². The third-order valence-electron chi connectivity index (χ3n) is 2.72. The predicted octanol–water partition coefficient (Wildman–Crippen LogP) is 1.66. The minimum absolute atomic E-state index is 0.0801. The van der Waals surface area contributed by atoms with Crippen molar-refractivity contribution in [1.82, 2.24) is 4.90 Å². The fraction of sp³-hybridized carbons (Fsp3) is 0.538. The maximum absolute atomic E-state index is 6.21. The summed E-state index contributed by atoms with van der Waals surface area (Å²) in [5.74, 6) is 1.58. The predicted molar refractivity (Wildman–Crippen MR) is 69.6 cm³/mol. The van der Waals surface area contributed by atoms with Gasteiger partial charge in [0.25, 0.3) is 0 Å². The fourth-order valence-electron chi connectivity index (χ4n) is 1.79. The molecular formula is C13H22N2O2. The third kappa shape index (κ3) is 3.61. The van der Waals surface area contributed by atoms with Crippen LogP contribution in [-0.2, 0) is 0 Å². The number of benzene rings is 1. The van der Waals surface area contributed by atoms with E-state index >= 15 is 0 Å². The molecule has 0 amide bonds. The van der Waals surface area contributed by atoms with Crippen molar-refractivity contribution in [3.63, 3.8) is 0 Å². The minimum atomic E-state index is -0.0801. The smallest absolute Gasteiger partial charge is 0.127 e. The first-order valence-electron chi connectivity index (χ1n) is 5.71. The Labute approximate surface area is 103 Å². The van der Waals surface area contributed by atoms with Crippen LogP contribution >= 0.6 is 0 Å². The van der Waals surface area contributed by atoms with E-state index in [1.807, 2.05) is 32.3 Å². The Balaban J connectivity index is 2.92. The van der Waals surface area contributed by atoms with Gasteiger partial charge in [-0.3, -0.25) is 0 Å². The number of ether oxygens (including phenoxy) is 2. The van der Waals surface area contributed by atoms with Crippen LogP contribution in [0.25, 0.3) is 0 Å². The zero-order chi connectivity index (χ0) is 12.8. The summed E-state index contributed by atoms with van der Waals surface area (Å²) in [5, 5.41) is 0. The van der Waals surface area contributed by atoms with E-state index in [1.54, 1.807) is 14.2 Å². The van der Waals surface area contributed by atoms with Gasteiger partial charge >= 0.3 is 0 Å². The number of hydrogen-bond donors (Lipinski definition) is 1. The Hall–Kier alpha value is -1.26. The molecular weight excluding hydrogens is 216 g/mol. The first-order chi connectivity index (χ1) is 8.10. The molecule has 0 spiro atoms. The quantitative estimate of drug-likeness (QED) is 0.818. The van der Waals surface area contributed by atoms with E-state index in [1.165, 1.54) is 0 Å². The lowest BCUT2D eigenvalue weighted by Crippen LogP contribution is -2.21. The van der Waals surface area contributed by atoms with Gasteiger partial charge in [-0.25, -0.2) is 0 Å². The number of nitrogens with two attached hydrogens (primary N) is 1. The Morgan fingerprint density at radius 3 is 2.12 bits per heavy atom. The molecule has 0 aromatic heterocycles. The van der Waals surface area contributed by atoms with Crippen molar-refractivity contribution in [2.75, 3.05) is 34.9 Å². The van der Waals surface area contributed by atoms with Crippen molar-refractivity contribution in [2.24, 2.45) is 5.73 Å². The first kappa shape index (κ1) is 13.8. The van der Waals surface area contributed by atoms with E-state index in [0.717, 1.165) is 30.0 Å². The van der Waals surface area contributed by atoms with Gasteiger partial charge in [-0.1, -0.05) is 6.07 Å². The van der Waals surface area contributed by atoms with Crippen LogP contribution < -0.4 is 15.2 Å². The van der Waals surface area contributed by atoms with Crippen LogP contribution in [0.3, 0.4) is 0 Å². The molecule has 1 atom stereocenters. The average Bonchev–Trinajstić information content (AvgIpc) is 2.34. The van der Waals surface area contributed by atoms with Crippen LogP contribution in [0.5, 0.6) is 11.5 Å². The highest BCUT2D eigenvalue weighted by molar-refractivity contribution is 5.46. The second-order valence-corrected chi connectivity index (χ2v) is 4.27. The molecule has 1 rings (SSSR count). The van der Waals surface area contributed by atoms with Crippen molar-refractivity contribution < 1.29 is 9.47 Å². The molecule has 96 valence electrons. The number of methoxy groups -OCH3 is 2. The summed E-state index contributed by atoms with van der Waals surface area (Å²) in [6, 6.07) is 5.64. The molecule has 4 heteroatoms. The van der Waals surface area contributed by atoms with E-state index < -0.39 is 0 Å². The molecule has 0 radical (unpaired) electrons. The lowest BCUT2D eigenvalue weighted by molar-refractivity contribution is 0.357. The lowest BCUT2D eigenvalue weighted by atomic mass is 10.0. The molecule has 0 aliphatic heterocycles. The van der Waals surface area contributed by atoms with Gasteiger partial charge in [0.15, 0.2) is 0 Å². The molecule has 0 saturated heterocycles. The van der Waals surface area contributed by atoms with Gasteiger partial charge in [0, 0.05) is 6.04 Å². The van der Waals surface area contributed by atoms with E-state index in [4.69, 9.17) is 15.2 Å². The van der Waals surface area contributed by atoms with Gasteiger partial charge in [0.05, 0.1) is 19.8 Å². The molecule has 0 aliphatic carbocycles. The SMILES string of the molecule is COc1cccc(OC)c1C(N)CCN(C)C. The van der Waals surface area contributed by atoms with Crippen molar-refractivity contribution in [3.05, 3.63) is 23.8 Å². The maximum Gasteiger partial charge on any atom is 0.127 e. The highest BCUT2D eigenvalue weighted by Crippen LogP contribution is 2.34. The van der Waals surface area contributed by atoms with Gasteiger partial charge in [0.1, 0.15) is 11.5 Å². The van der Waals surface area contributed by atoms with E-state index in [0.29, 0.717) is 0 Å². The molecule has 2 N–H and O–H groups in total. The van der Waals surface area contributed by atoms with E-state index in [9.17, 15) is 0 Å². The zero-order valence-corrected chi connectivity index (χ0v) is 11.1. The second kappa shape index (κ2) is 6.47. The highest BCUT2D eigenvalue weighted by Gasteiger charge is 2.17. The van der Waals surface area contributed by atoms with Crippen molar-refractivity contribution in [3.8, 4) is 11.5 Å². The number of nitrogens with zero attached hydrogens (tertiary/aromatic N) is 1. The van der Waals surface area contributed by atoms with Crippen molar-refractivity contribution >= 4 is 0 Å². The van der Waals surface area contributed by atoms with Crippen LogP contribution in [-0.4, -0.2) is 39.8 Å². The molecule has 0 heterocycles. The van der Waals surface area contributed by atoms with Crippen LogP contribution in [0.1, 0.15) is 18.0 Å². The molecule has 0 bridgehead atoms. The Bertz CT molecular complexity index is 331.